The Balaban J connectivity index is 2.15. The highest BCUT2D eigenvalue weighted by Crippen LogP contribution is 2.29. The van der Waals surface area contributed by atoms with E-state index in [2.05, 4.69) is 10.0 Å². The van der Waals surface area contributed by atoms with E-state index in [1.165, 1.54) is 30.5 Å². The standard InChI is InChI=1S/C16H27N5O6S2/c1-19(2)29(26,27)18-10-9-17-15-8-7-14(13-16(15)21(22)23)28(24,25)20-11-5-3-4-6-12-20/h7-8,13,17-18H,3-6,9-12H2,1-2H3. The molecule has 11 nitrogen and oxygen atoms in total. The summed E-state index contributed by atoms with van der Waals surface area (Å²) in [5.74, 6) is 0. The lowest BCUT2D eigenvalue weighted by Gasteiger charge is -2.20. The molecule has 0 aliphatic carbocycles. The molecule has 1 aliphatic heterocycles. The predicted molar refractivity (Wildman–Crippen MR) is 109 cm³/mol. The predicted octanol–water partition coefficient (Wildman–Crippen LogP) is 0.967. The van der Waals surface area contributed by atoms with Crippen LogP contribution in [0, 0.1) is 10.1 Å². The molecule has 0 atom stereocenters. The van der Waals surface area contributed by atoms with Gasteiger partial charge in [0, 0.05) is 46.3 Å². The third-order valence-electron chi connectivity index (χ3n) is 4.57. The van der Waals surface area contributed by atoms with Crippen LogP contribution in [0.2, 0.25) is 0 Å². The Morgan fingerprint density at radius 1 is 1.07 bits per heavy atom. The number of nitrogens with one attached hydrogen (secondary N) is 2. The summed E-state index contributed by atoms with van der Waals surface area (Å²) in [4.78, 5) is 10.7. The molecule has 0 saturated carbocycles. The van der Waals surface area contributed by atoms with E-state index in [4.69, 9.17) is 0 Å². The summed E-state index contributed by atoms with van der Waals surface area (Å²) in [6, 6.07) is 3.72. The maximum Gasteiger partial charge on any atom is 0.293 e. The van der Waals surface area contributed by atoms with Crippen molar-refractivity contribution < 1.29 is 21.8 Å². The molecule has 13 heteroatoms. The Morgan fingerprint density at radius 2 is 1.69 bits per heavy atom. The summed E-state index contributed by atoms with van der Waals surface area (Å²) in [6.07, 6.45) is 3.47. The third kappa shape index (κ3) is 6.09. The van der Waals surface area contributed by atoms with E-state index in [0.29, 0.717) is 13.1 Å². The maximum atomic E-state index is 12.9. The van der Waals surface area contributed by atoms with E-state index in [9.17, 15) is 26.9 Å². The van der Waals surface area contributed by atoms with Crippen LogP contribution in [0.1, 0.15) is 25.7 Å². The number of nitro benzene ring substituents is 1. The summed E-state index contributed by atoms with van der Waals surface area (Å²) in [5.41, 5.74) is -0.259. The first-order valence-corrected chi connectivity index (χ1v) is 12.1. The molecule has 2 rings (SSSR count). The van der Waals surface area contributed by atoms with Gasteiger partial charge in [0.2, 0.25) is 10.0 Å². The van der Waals surface area contributed by atoms with Crippen LogP contribution < -0.4 is 10.0 Å². The second-order valence-electron chi connectivity index (χ2n) is 6.86. The average molecular weight is 450 g/mol. The van der Waals surface area contributed by atoms with Gasteiger partial charge in [0.15, 0.2) is 0 Å². The molecular formula is C16H27N5O6S2. The molecule has 0 amide bonds. The fourth-order valence-corrected chi connectivity index (χ4v) is 5.07. The molecule has 0 radical (unpaired) electrons. The van der Waals surface area contributed by atoms with Gasteiger partial charge in [-0.2, -0.15) is 17.0 Å². The number of anilines is 1. The van der Waals surface area contributed by atoms with Gasteiger partial charge in [0.25, 0.3) is 15.9 Å². The monoisotopic (exact) mass is 449 g/mol. The number of rotatable bonds is 9. The molecule has 1 saturated heterocycles. The summed E-state index contributed by atoms with van der Waals surface area (Å²) in [5, 5.41) is 14.2. The number of sulfonamides is 1. The van der Waals surface area contributed by atoms with Gasteiger partial charge in [0.1, 0.15) is 5.69 Å². The zero-order valence-electron chi connectivity index (χ0n) is 16.5. The van der Waals surface area contributed by atoms with Gasteiger partial charge in [-0.25, -0.2) is 13.1 Å². The summed E-state index contributed by atoms with van der Waals surface area (Å²) < 4.78 is 53.7. The SMILES string of the molecule is CN(C)S(=O)(=O)NCCNc1ccc(S(=O)(=O)N2CCCCCC2)cc1[N+](=O)[O-]. The van der Waals surface area contributed by atoms with Crippen LogP contribution in [-0.2, 0) is 20.2 Å². The van der Waals surface area contributed by atoms with Crippen molar-refractivity contribution in [3.05, 3.63) is 28.3 Å². The zero-order valence-corrected chi connectivity index (χ0v) is 18.1. The number of nitro groups is 1. The molecule has 0 aromatic heterocycles. The normalized spacial score (nSPS) is 16.5. The fourth-order valence-electron chi connectivity index (χ4n) is 2.91. The molecule has 0 unspecified atom stereocenters. The van der Waals surface area contributed by atoms with Crippen LogP contribution in [0.15, 0.2) is 23.1 Å². The van der Waals surface area contributed by atoms with Gasteiger partial charge in [0.05, 0.1) is 9.82 Å². The lowest BCUT2D eigenvalue weighted by Crippen LogP contribution is -2.38. The van der Waals surface area contributed by atoms with Crippen LogP contribution in [0.25, 0.3) is 0 Å². The second kappa shape index (κ2) is 9.80. The van der Waals surface area contributed by atoms with E-state index in [1.807, 2.05) is 0 Å². The second-order valence-corrected chi connectivity index (χ2v) is 10.8. The number of nitrogens with zero attached hydrogens (tertiary/aromatic N) is 3. The number of benzene rings is 1. The molecule has 1 aromatic carbocycles. The van der Waals surface area contributed by atoms with Crippen LogP contribution in [0.3, 0.4) is 0 Å². The Morgan fingerprint density at radius 3 is 2.24 bits per heavy atom. The van der Waals surface area contributed by atoms with E-state index >= 15 is 0 Å². The number of hydrogen-bond donors (Lipinski definition) is 2. The van der Waals surface area contributed by atoms with Crippen molar-refractivity contribution in [1.29, 1.82) is 0 Å². The minimum Gasteiger partial charge on any atom is -0.378 e. The van der Waals surface area contributed by atoms with Crippen molar-refractivity contribution in [1.82, 2.24) is 13.3 Å². The van der Waals surface area contributed by atoms with Crippen molar-refractivity contribution in [2.24, 2.45) is 0 Å². The van der Waals surface area contributed by atoms with Crippen LogP contribution in [0.5, 0.6) is 0 Å². The van der Waals surface area contributed by atoms with Crippen molar-refractivity contribution in [2.75, 3.05) is 45.6 Å². The van der Waals surface area contributed by atoms with Crippen molar-refractivity contribution in [3.63, 3.8) is 0 Å². The summed E-state index contributed by atoms with van der Waals surface area (Å²) >= 11 is 0. The van der Waals surface area contributed by atoms with Gasteiger partial charge < -0.3 is 5.32 Å². The summed E-state index contributed by atoms with van der Waals surface area (Å²) in [7, 11) is -4.65. The zero-order chi connectivity index (χ0) is 21.7. The molecule has 164 valence electrons. The minimum atomic E-state index is -3.81. The molecule has 1 aromatic rings. The first-order valence-electron chi connectivity index (χ1n) is 9.25. The molecule has 2 N–H and O–H groups in total. The van der Waals surface area contributed by atoms with Crippen molar-refractivity contribution in [3.8, 4) is 0 Å². The highest BCUT2D eigenvalue weighted by atomic mass is 32.2. The number of hydrogen-bond acceptors (Lipinski definition) is 7. The molecule has 1 fully saturated rings. The summed E-state index contributed by atoms with van der Waals surface area (Å²) in [6.45, 7) is 0.905. The maximum absolute atomic E-state index is 12.9. The highest BCUT2D eigenvalue weighted by Gasteiger charge is 2.28. The van der Waals surface area contributed by atoms with Gasteiger partial charge >= 0.3 is 0 Å². The van der Waals surface area contributed by atoms with Crippen LogP contribution in [0.4, 0.5) is 11.4 Å². The van der Waals surface area contributed by atoms with Gasteiger partial charge in [-0.05, 0) is 25.0 Å². The first kappa shape index (κ1) is 23.5. The van der Waals surface area contributed by atoms with E-state index in [0.717, 1.165) is 36.1 Å². The van der Waals surface area contributed by atoms with Gasteiger partial charge in [-0.3, -0.25) is 10.1 Å². The van der Waals surface area contributed by atoms with E-state index < -0.39 is 25.2 Å². The first-order chi connectivity index (χ1) is 13.6. The minimum absolute atomic E-state index is 0.00545. The quantitative estimate of drug-likeness (QED) is 0.325. The molecule has 0 spiro atoms. The van der Waals surface area contributed by atoms with Crippen LogP contribution >= 0.6 is 0 Å². The third-order valence-corrected chi connectivity index (χ3v) is 8.00. The molecule has 1 aliphatic rings. The molecule has 1 heterocycles. The Labute approximate surface area is 171 Å². The molecule has 29 heavy (non-hydrogen) atoms. The van der Waals surface area contributed by atoms with Gasteiger partial charge in [-0.1, -0.05) is 12.8 Å². The van der Waals surface area contributed by atoms with Crippen molar-refractivity contribution in [2.45, 2.75) is 30.6 Å². The van der Waals surface area contributed by atoms with Crippen LogP contribution in [-0.4, -0.2) is 70.6 Å². The largest absolute Gasteiger partial charge is 0.378 e. The highest BCUT2D eigenvalue weighted by molar-refractivity contribution is 7.89. The topological polar surface area (TPSA) is 142 Å². The lowest BCUT2D eigenvalue weighted by molar-refractivity contribution is -0.384. The lowest BCUT2D eigenvalue weighted by atomic mass is 10.2. The van der Waals surface area contributed by atoms with E-state index in [-0.39, 0.29) is 29.4 Å². The van der Waals surface area contributed by atoms with E-state index in [1.54, 1.807) is 0 Å². The fraction of sp³-hybridized carbons (Fsp3) is 0.625. The Hall–Kier alpha value is -1.80. The molecule has 0 bridgehead atoms. The Bertz CT molecular complexity index is 925. The average Bonchev–Trinajstić information content (AvgIpc) is 2.95. The van der Waals surface area contributed by atoms with Gasteiger partial charge in [-0.15, -0.1) is 0 Å². The molecular weight excluding hydrogens is 422 g/mol. The van der Waals surface area contributed by atoms with Crippen molar-refractivity contribution >= 4 is 31.6 Å². The Kier molecular flexibility index (Phi) is 7.94. The smallest absolute Gasteiger partial charge is 0.293 e.